The maximum atomic E-state index is 12.5. The summed E-state index contributed by atoms with van der Waals surface area (Å²) in [5.74, 6) is -2.75. The van der Waals surface area contributed by atoms with Gasteiger partial charge in [-0.2, -0.15) is 13.2 Å². The molecule has 1 aromatic heterocycles. The molecule has 1 aromatic carbocycles. The van der Waals surface area contributed by atoms with Gasteiger partial charge in [0, 0.05) is 50.2 Å². The number of likely N-dealkylation sites (tertiary alicyclic amines) is 1. The molecule has 10 heteroatoms. The van der Waals surface area contributed by atoms with Crippen LogP contribution in [0.4, 0.5) is 13.2 Å². The summed E-state index contributed by atoms with van der Waals surface area (Å²) in [6.45, 7) is 3.55. The molecule has 0 saturated carbocycles. The number of alkyl halides is 3. The molecule has 2 atom stereocenters. The van der Waals surface area contributed by atoms with Gasteiger partial charge in [0.15, 0.2) is 0 Å². The van der Waals surface area contributed by atoms with Gasteiger partial charge >= 0.3 is 12.1 Å². The van der Waals surface area contributed by atoms with E-state index in [0.29, 0.717) is 6.61 Å². The highest BCUT2D eigenvalue weighted by Crippen LogP contribution is 2.35. The van der Waals surface area contributed by atoms with Gasteiger partial charge in [0.2, 0.25) is 0 Å². The lowest BCUT2D eigenvalue weighted by atomic mass is 9.89. The number of hydrogen-bond acceptors (Lipinski definition) is 5. The van der Waals surface area contributed by atoms with Crippen LogP contribution in [-0.2, 0) is 16.1 Å². The van der Waals surface area contributed by atoms with Crippen LogP contribution in [0, 0.1) is 0 Å². The van der Waals surface area contributed by atoms with E-state index in [9.17, 15) is 18.0 Å². The van der Waals surface area contributed by atoms with Crippen LogP contribution in [-0.4, -0.2) is 64.4 Å². The van der Waals surface area contributed by atoms with Gasteiger partial charge in [-0.3, -0.25) is 14.7 Å². The van der Waals surface area contributed by atoms with Crippen molar-refractivity contribution in [1.29, 1.82) is 0 Å². The highest BCUT2D eigenvalue weighted by atomic mass is 19.4. The van der Waals surface area contributed by atoms with Crippen molar-refractivity contribution in [2.24, 2.45) is 0 Å². The Labute approximate surface area is 189 Å². The SMILES string of the molecule is O=C(N[C@@H]1CCO[C@]2(CCN(Cc3cccnc3)C2)C1)c1ccccc1.O=C(O)C(F)(F)F. The molecule has 2 N–H and O–H groups in total. The fourth-order valence-electron chi connectivity index (χ4n) is 4.11. The molecule has 1 spiro atoms. The second-order valence-electron chi connectivity index (χ2n) is 8.19. The quantitative estimate of drug-likeness (QED) is 0.720. The number of aliphatic carboxylic acids is 1. The molecule has 0 bridgehead atoms. The van der Waals surface area contributed by atoms with Gasteiger partial charge in [-0.05, 0) is 43.0 Å². The van der Waals surface area contributed by atoms with Crippen molar-refractivity contribution in [3.05, 3.63) is 66.0 Å². The number of carboxylic acid groups (broad SMARTS) is 1. The maximum Gasteiger partial charge on any atom is 0.490 e. The number of ether oxygens (including phenoxy) is 1. The number of pyridine rings is 1. The largest absolute Gasteiger partial charge is 0.490 e. The van der Waals surface area contributed by atoms with Crippen LogP contribution in [0.2, 0.25) is 0 Å². The molecule has 0 aliphatic carbocycles. The number of rotatable bonds is 4. The summed E-state index contributed by atoms with van der Waals surface area (Å²) >= 11 is 0. The first-order chi connectivity index (χ1) is 15.7. The van der Waals surface area contributed by atoms with E-state index in [4.69, 9.17) is 14.6 Å². The predicted octanol–water partition coefficient (Wildman–Crippen LogP) is 3.27. The van der Waals surface area contributed by atoms with Gasteiger partial charge in [-0.1, -0.05) is 24.3 Å². The molecule has 4 rings (SSSR count). The van der Waals surface area contributed by atoms with E-state index in [1.165, 1.54) is 5.56 Å². The van der Waals surface area contributed by atoms with E-state index in [0.717, 1.165) is 44.5 Å². The number of carbonyl (C=O) groups is 2. The third-order valence-corrected chi connectivity index (χ3v) is 5.63. The number of halogens is 3. The molecular weight excluding hydrogens is 439 g/mol. The van der Waals surface area contributed by atoms with E-state index in [1.54, 1.807) is 6.20 Å². The van der Waals surface area contributed by atoms with E-state index in [2.05, 4.69) is 21.3 Å². The Kier molecular flexibility index (Phi) is 8.04. The lowest BCUT2D eigenvalue weighted by molar-refractivity contribution is -0.192. The van der Waals surface area contributed by atoms with Crippen molar-refractivity contribution in [3.63, 3.8) is 0 Å². The molecule has 2 aliphatic rings. The zero-order chi connectivity index (χ0) is 23.9. The van der Waals surface area contributed by atoms with Crippen molar-refractivity contribution in [3.8, 4) is 0 Å². The van der Waals surface area contributed by atoms with Gasteiger partial charge in [0.05, 0.1) is 5.60 Å². The zero-order valence-electron chi connectivity index (χ0n) is 17.9. The van der Waals surface area contributed by atoms with Gasteiger partial charge in [0.25, 0.3) is 5.91 Å². The Bertz CT molecular complexity index is 928. The minimum absolute atomic E-state index is 0.0119. The molecule has 0 unspecified atom stereocenters. The van der Waals surface area contributed by atoms with Crippen molar-refractivity contribution in [2.45, 2.75) is 43.6 Å². The monoisotopic (exact) mass is 465 g/mol. The zero-order valence-corrected chi connectivity index (χ0v) is 17.9. The fourth-order valence-corrected chi connectivity index (χ4v) is 4.11. The van der Waals surface area contributed by atoms with Crippen molar-refractivity contribution in [1.82, 2.24) is 15.2 Å². The number of benzene rings is 1. The van der Waals surface area contributed by atoms with Crippen molar-refractivity contribution >= 4 is 11.9 Å². The number of aromatic nitrogens is 1. The minimum Gasteiger partial charge on any atom is -0.475 e. The number of nitrogens with one attached hydrogen (secondary N) is 1. The molecule has 1 amide bonds. The summed E-state index contributed by atoms with van der Waals surface area (Å²) in [4.78, 5) is 28.0. The molecular formula is C23H26F3N3O4. The van der Waals surface area contributed by atoms with Gasteiger partial charge in [-0.25, -0.2) is 4.79 Å². The van der Waals surface area contributed by atoms with Crippen molar-refractivity contribution < 1.29 is 32.6 Å². The summed E-state index contributed by atoms with van der Waals surface area (Å²) < 4.78 is 37.9. The van der Waals surface area contributed by atoms with Crippen LogP contribution in [0.3, 0.4) is 0 Å². The van der Waals surface area contributed by atoms with E-state index in [-0.39, 0.29) is 17.6 Å². The topological polar surface area (TPSA) is 91.8 Å². The first kappa shape index (κ1) is 24.7. The number of hydrogen-bond donors (Lipinski definition) is 2. The molecule has 7 nitrogen and oxygen atoms in total. The molecule has 0 radical (unpaired) electrons. The summed E-state index contributed by atoms with van der Waals surface area (Å²) in [6, 6.07) is 13.7. The molecule has 3 heterocycles. The Morgan fingerprint density at radius 2 is 1.94 bits per heavy atom. The van der Waals surface area contributed by atoms with Crippen LogP contribution in [0.15, 0.2) is 54.9 Å². The van der Waals surface area contributed by atoms with Crippen LogP contribution in [0.5, 0.6) is 0 Å². The number of carboxylic acids is 1. The lowest BCUT2D eigenvalue weighted by Crippen LogP contribution is -2.49. The summed E-state index contributed by atoms with van der Waals surface area (Å²) in [5, 5.41) is 10.3. The summed E-state index contributed by atoms with van der Waals surface area (Å²) in [5.41, 5.74) is 1.82. The maximum absolute atomic E-state index is 12.5. The Morgan fingerprint density at radius 3 is 2.58 bits per heavy atom. The van der Waals surface area contributed by atoms with Gasteiger partial charge in [0.1, 0.15) is 0 Å². The van der Waals surface area contributed by atoms with Crippen LogP contribution < -0.4 is 5.32 Å². The Morgan fingerprint density at radius 1 is 1.21 bits per heavy atom. The molecule has 33 heavy (non-hydrogen) atoms. The Hall–Kier alpha value is -2.98. The standard InChI is InChI=1S/C21H25N3O2.C2HF3O2/c25-20(18-6-2-1-3-7-18)23-19-8-12-26-21(13-19)9-11-24(16-21)15-17-5-4-10-22-14-17;3-2(4,5)1(6)7/h1-7,10,14,19H,8-9,11-13,15-16H2,(H,23,25);(H,6,7)/t19-,21-;/m1./s1. The number of amides is 1. The number of carbonyl (C=O) groups excluding carboxylic acids is 1. The molecule has 178 valence electrons. The van der Waals surface area contributed by atoms with Gasteiger partial charge < -0.3 is 15.2 Å². The van der Waals surface area contributed by atoms with Crippen LogP contribution in [0.25, 0.3) is 0 Å². The second kappa shape index (κ2) is 10.8. The molecule has 2 fully saturated rings. The summed E-state index contributed by atoms with van der Waals surface area (Å²) in [6.07, 6.45) is 1.43. The normalized spacial score (nSPS) is 22.9. The van der Waals surface area contributed by atoms with Gasteiger partial charge in [-0.15, -0.1) is 0 Å². The first-order valence-electron chi connectivity index (χ1n) is 10.6. The lowest BCUT2D eigenvalue weighted by Gasteiger charge is -2.38. The Balaban J connectivity index is 0.000000383. The predicted molar refractivity (Wildman–Crippen MR) is 113 cm³/mol. The summed E-state index contributed by atoms with van der Waals surface area (Å²) in [7, 11) is 0. The first-order valence-corrected chi connectivity index (χ1v) is 10.6. The third kappa shape index (κ3) is 7.26. The smallest absolute Gasteiger partial charge is 0.475 e. The van der Waals surface area contributed by atoms with Crippen LogP contribution >= 0.6 is 0 Å². The average Bonchev–Trinajstić information content (AvgIpc) is 3.16. The minimum atomic E-state index is -5.08. The second-order valence-corrected chi connectivity index (χ2v) is 8.19. The van der Waals surface area contributed by atoms with E-state index in [1.807, 2.05) is 42.6 Å². The third-order valence-electron chi connectivity index (χ3n) is 5.63. The molecule has 2 aliphatic heterocycles. The average molecular weight is 465 g/mol. The van der Waals surface area contributed by atoms with E-state index >= 15 is 0 Å². The van der Waals surface area contributed by atoms with Crippen molar-refractivity contribution in [2.75, 3.05) is 19.7 Å². The van der Waals surface area contributed by atoms with E-state index < -0.39 is 12.1 Å². The fraction of sp³-hybridized carbons (Fsp3) is 0.435. The highest BCUT2D eigenvalue weighted by Gasteiger charge is 2.43. The highest BCUT2D eigenvalue weighted by molar-refractivity contribution is 5.94. The van der Waals surface area contributed by atoms with Crippen LogP contribution in [0.1, 0.15) is 35.2 Å². The number of nitrogens with zero attached hydrogens (tertiary/aromatic N) is 2. The molecule has 2 aromatic rings. The molecule has 2 saturated heterocycles.